The first-order chi connectivity index (χ1) is 15.4. The lowest BCUT2D eigenvalue weighted by molar-refractivity contribution is -0.123. The summed E-state index contributed by atoms with van der Waals surface area (Å²) < 4.78 is 33.0. The SMILES string of the molecule is CCOc1ccc(S(=O)(=O)N2CCC(C(=O)N3CC[C@@H](C)Sc4ccccc43)CC2)cc1. The van der Waals surface area contributed by atoms with Crippen molar-refractivity contribution in [2.45, 2.75) is 48.2 Å². The second-order valence-corrected chi connectivity index (χ2v) is 11.7. The molecule has 0 aliphatic carbocycles. The van der Waals surface area contributed by atoms with E-state index in [1.54, 1.807) is 24.3 Å². The number of nitrogens with zero attached hydrogens (tertiary/aromatic N) is 2. The zero-order valence-corrected chi connectivity index (χ0v) is 20.2. The lowest BCUT2D eigenvalue weighted by Gasteiger charge is -2.33. The largest absolute Gasteiger partial charge is 0.494 e. The molecule has 1 amide bonds. The minimum absolute atomic E-state index is 0.116. The summed E-state index contributed by atoms with van der Waals surface area (Å²) in [7, 11) is -3.58. The molecule has 1 atom stereocenters. The van der Waals surface area contributed by atoms with Crippen LogP contribution in [0.2, 0.25) is 0 Å². The summed E-state index contributed by atoms with van der Waals surface area (Å²) in [6.45, 7) is 6.03. The Balaban J connectivity index is 1.44. The van der Waals surface area contributed by atoms with Crippen molar-refractivity contribution in [2.24, 2.45) is 5.92 Å². The van der Waals surface area contributed by atoms with Gasteiger partial charge in [0, 0.05) is 35.7 Å². The van der Waals surface area contributed by atoms with E-state index in [-0.39, 0.29) is 16.7 Å². The van der Waals surface area contributed by atoms with Gasteiger partial charge in [0.1, 0.15) is 5.75 Å². The molecule has 0 saturated carbocycles. The van der Waals surface area contributed by atoms with E-state index in [9.17, 15) is 13.2 Å². The van der Waals surface area contributed by atoms with Crippen LogP contribution in [0.4, 0.5) is 5.69 Å². The molecule has 4 rings (SSSR count). The number of fused-ring (bicyclic) bond motifs is 1. The van der Waals surface area contributed by atoms with E-state index < -0.39 is 10.0 Å². The molecule has 32 heavy (non-hydrogen) atoms. The van der Waals surface area contributed by atoms with Crippen molar-refractivity contribution in [3.63, 3.8) is 0 Å². The molecule has 8 heteroatoms. The van der Waals surface area contributed by atoms with E-state index in [1.165, 1.54) is 4.31 Å². The van der Waals surface area contributed by atoms with Gasteiger partial charge in [0.15, 0.2) is 0 Å². The molecule has 0 spiro atoms. The molecule has 2 aliphatic heterocycles. The van der Waals surface area contributed by atoms with Gasteiger partial charge in [-0.3, -0.25) is 4.79 Å². The van der Waals surface area contributed by atoms with E-state index in [1.807, 2.05) is 41.8 Å². The molecule has 0 radical (unpaired) electrons. The number of benzene rings is 2. The molecule has 2 heterocycles. The molecule has 0 unspecified atom stereocenters. The smallest absolute Gasteiger partial charge is 0.243 e. The van der Waals surface area contributed by atoms with Crippen LogP contribution in [-0.4, -0.2) is 50.1 Å². The fourth-order valence-corrected chi connectivity index (χ4v) is 6.89. The van der Waals surface area contributed by atoms with Gasteiger partial charge in [0.2, 0.25) is 15.9 Å². The number of thioether (sulfide) groups is 1. The number of hydrogen-bond acceptors (Lipinski definition) is 5. The highest BCUT2D eigenvalue weighted by atomic mass is 32.2. The van der Waals surface area contributed by atoms with Crippen molar-refractivity contribution in [1.82, 2.24) is 4.31 Å². The van der Waals surface area contributed by atoms with Crippen LogP contribution in [-0.2, 0) is 14.8 Å². The summed E-state index contributed by atoms with van der Waals surface area (Å²) in [4.78, 5) is 16.8. The molecular weight excluding hydrogens is 444 g/mol. The standard InChI is InChI=1S/C24H30N2O4S2/c1-3-30-20-8-10-21(11-9-20)32(28,29)25-15-13-19(14-16-25)24(27)26-17-12-18(2)31-23-7-5-4-6-22(23)26/h4-11,18-19H,3,12-17H2,1-2H3/t18-/m1/s1. The van der Waals surface area contributed by atoms with Gasteiger partial charge in [-0.25, -0.2) is 8.42 Å². The molecule has 2 aromatic rings. The third kappa shape index (κ3) is 4.82. The number of amides is 1. The van der Waals surface area contributed by atoms with E-state index in [0.717, 1.165) is 17.0 Å². The maximum atomic E-state index is 13.4. The van der Waals surface area contributed by atoms with Crippen LogP contribution in [0.25, 0.3) is 0 Å². The number of ether oxygens (including phenoxy) is 1. The van der Waals surface area contributed by atoms with Crippen LogP contribution in [0, 0.1) is 5.92 Å². The summed E-state index contributed by atoms with van der Waals surface area (Å²) >= 11 is 1.82. The number of para-hydroxylation sites is 1. The molecule has 0 aromatic heterocycles. The highest BCUT2D eigenvalue weighted by Crippen LogP contribution is 2.38. The van der Waals surface area contributed by atoms with Gasteiger partial charge in [0.25, 0.3) is 0 Å². The predicted octanol–water partition coefficient (Wildman–Crippen LogP) is 4.40. The first-order valence-corrected chi connectivity index (χ1v) is 13.5. The van der Waals surface area contributed by atoms with Crippen LogP contribution < -0.4 is 9.64 Å². The number of sulfonamides is 1. The van der Waals surface area contributed by atoms with Crippen LogP contribution in [0.1, 0.15) is 33.1 Å². The Morgan fingerprint density at radius 1 is 1.03 bits per heavy atom. The summed E-state index contributed by atoms with van der Waals surface area (Å²) in [6.07, 6.45) is 2.02. The third-order valence-corrected chi connectivity index (χ3v) is 9.24. The minimum atomic E-state index is -3.58. The second-order valence-electron chi connectivity index (χ2n) is 8.26. The topological polar surface area (TPSA) is 66.9 Å². The van der Waals surface area contributed by atoms with Crippen molar-refractivity contribution in [1.29, 1.82) is 0 Å². The van der Waals surface area contributed by atoms with Crippen molar-refractivity contribution < 1.29 is 17.9 Å². The Labute approximate surface area is 195 Å². The fraction of sp³-hybridized carbons (Fsp3) is 0.458. The normalized spacial score (nSPS) is 20.4. The highest BCUT2D eigenvalue weighted by Gasteiger charge is 2.35. The van der Waals surface area contributed by atoms with E-state index in [4.69, 9.17) is 4.74 Å². The quantitative estimate of drug-likeness (QED) is 0.642. The monoisotopic (exact) mass is 474 g/mol. The van der Waals surface area contributed by atoms with Gasteiger partial charge in [-0.2, -0.15) is 4.31 Å². The number of hydrogen-bond donors (Lipinski definition) is 0. The van der Waals surface area contributed by atoms with Crippen LogP contribution >= 0.6 is 11.8 Å². The van der Waals surface area contributed by atoms with Gasteiger partial charge >= 0.3 is 0 Å². The van der Waals surface area contributed by atoms with Crippen molar-refractivity contribution in [2.75, 3.05) is 31.1 Å². The maximum Gasteiger partial charge on any atom is 0.243 e. The van der Waals surface area contributed by atoms with E-state index >= 15 is 0 Å². The molecule has 6 nitrogen and oxygen atoms in total. The third-order valence-electron chi connectivity index (χ3n) is 6.09. The Hall–Kier alpha value is -2.03. The zero-order valence-electron chi connectivity index (χ0n) is 18.6. The van der Waals surface area contributed by atoms with Gasteiger partial charge in [-0.1, -0.05) is 19.1 Å². The van der Waals surface area contributed by atoms with Crippen LogP contribution in [0.3, 0.4) is 0 Å². The molecule has 2 aliphatic rings. The molecule has 0 bridgehead atoms. The summed E-state index contributed by atoms with van der Waals surface area (Å²) in [6, 6.07) is 14.6. The molecule has 2 aromatic carbocycles. The van der Waals surface area contributed by atoms with E-state index in [0.29, 0.717) is 50.1 Å². The Morgan fingerprint density at radius 2 is 1.72 bits per heavy atom. The number of anilines is 1. The molecule has 1 saturated heterocycles. The molecule has 1 fully saturated rings. The first kappa shape index (κ1) is 23.1. The minimum Gasteiger partial charge on any atom is -0.494 e. The van der Waals surface area contributed by atoms with Crippen molar-refractivity contribution >= 4 is 33.4 Å². The van der Waals surface area contributed by atoms with Crippen LogP contribution in [0.15, 0.2) is 58.3 Å². The fourth-order valence-electron chi connectivity index (χ4n) is 4.30. The van der Waals surface area contributed by atoms with Crippen molar-refractivity contribution in [3.05, 3.63) is 48.5 Å². The average Bonchev–Trinajstić information content (AvgIpc) is 2.97. The lowest BCUT2D eigenvalue weighted by Crippen LogP contribution is -2.44. The Kier molecular flexibility index (Phi) is 7.12. The Bertz CT molecular complexity index is 1050. The zero-order chi connectivity index (χ0) is 22.7. The maximum absolute atomic E-state index is 13.4. The molecule has 172 valence electrons. The summed E-state index contributed by atoms with van der Waals surface area (Å²) in [5.41, 5.74) is 0.983. The number of rotatable bonds is 5. The lowest BCUT2D eigenvalue weighted by atomic mass is 9.96. The number of piperidine rings is 1. The predicted molar refractivity (Wildman–Crippen MR) is 128 cm³/mol. The van der Waals surface area contributed by atoms with Crippen LogP contribution in [0.5, 0.6) is 5.75 Å². The number of carbonyl (C=O) groups is 1. The summed E-state index contributed by atoms with van der Waals surface area (Å²) in [5, 5.41) is 0.454. The second kappa shape index (κ2) is 9.85. The van der Waals surface area contributed by atoms with Gasteiger partial charge in [-0.05, 0) is 62.6 Å². The first-order valence-electron chi connectivity index (χ1n) is 11.2. The molecular formula is C24H30N2O4S2. The number of carbonyl (C=O) groups excluding carboxylic acids is 1. The van der Waals surface area contributed by atoms with E-state index in [2.05, 4.69) is 13.0 Å². The summed E-state index contributed by atoms with van der Waals surface area (Å²) in [5.74, 6) is 0.611. The van der Waals surface area contributed by atoms with Gasteiger partial charge in [-0.15, -0.1) is 11.8 Å². The highest BCUT2D eigenvalue weighted by molar-refractivity contribution is 8.00. The van der Waals surface area contributed by atoms with Gasteiger partial charge in [0.05, 0.1) is 17.2 Å². The Morgan fingerprint density at radius 3 is 2.41 bits per heavy atom. The van der Waals surface area contributed by atoms with Gasteiger partial charge < -0.3 is 9.64 Å². The molecule has 0 N–H and O–H groups in total. The average molecular weight is 475 g/mol. The van der Waals surface area contributed by atoms with Crippen molar-refractivity contribution in [3.8, 4) is 5.75 Å².